The summed E-state index contributed by atoms with van der Waals surface area (Å²) in [5.74, 6) is -0.957. The van der Waals surface area contributed by atoms with Crippen LogP contribution >= 0.6 is 0 Å². The number of halogens is 1. The topological polar surface area (TPSA) is 55.4 Å². The van der Waals surface area contributed by atoms with Crippen molar-refractivity contribution in [3.8, 4) is 5.75 Å². The summed E-state index contributed by atoms with van der Waals surface area (Å²) in [4.78, 5) is 24.2. The minimum Gasteiger partial charge on any atom is -0.497 e. The zero-order valence-corrected chi connectivity index (χ0v) is 13.0. The number of benzene rings is 2. The van der Waals surface area contributed by atoms with Crippen LogP contribution in [0, 0.1) is 5.82 Å². The van der Waals surface area contributed by atoms with E-state index in [-0.39, 0.29) is 17.8 Å². The first kappa shape index (κ1) is 16.7. The van der Waals surface area contributed by atoms with E-state index in [1.807, 2.05) is 6.07 Å². The number of carbonyl (C=O) groups excluding carboxylic acids is 2. The third-order valence-corrected chi connectivity index (χ3v) is 3.39. The Balaban J connectivity index is 1.98. The van der Waals surface area contributed by atoms with Crippen molar-refractivity contribution in [1.82, 2.24) is 5.32 Å². The van der Waals surface area contributed by atoms with Gasteiger partial charge in [-0.25, -0.2) is 4.39 Å². The number of amides is 1. The van der Waals surface area contributed by atoms with Crippen LogP contribution in [0.15, 0.2) is 48.5 Å². The number of rotatable bonds is 6. The van der Waals surface area contributed by atoms with E-state index in [0.29, 0.717) is 11.3 Å². The van der Waals surface area contributed by atoms with Gasteiger partial charge in [0.1, 0.15) is 11.6 Å². The van der Waals surface area contributed by atoms with E-state index in [4.69, 9.17) is 4.74 Å². The average Bonchev–Trinajstić information content (AvgIpc) is 2.55. The Kier molecular flexibility index (Phi) is 5.46. The van der Waals surface area contributed by atoms with Gasteiger partial charge in [0.15, 0.2) is 5.78 Å². The standard InChI is InChI=1S/C18H18FNO3/c1-12(10-17(21)13-6-4-3-5-7-13)20-18(22)15-9-8-14(23-2)11-16(15)19/h3-9,11-12H,10H2,1-2H3,(H,20,22)/t12-/m1/s1. The quantitative estimate of drug-likeness (QED) is 0.833. The van der Waals surface area contributed by atoms with Gasteiger partial charge in [0.2, 0.25) is 0 Å². The van der Waals surface area contributed by atoms with Crippen molar-refractivity contribution in [2.24, 2.45) is 0 Å². The lowest BCUT2D eigenvalue weighted by molar-refractivity contribution is 0.0915. The van der Waals surface area contributed by atoms with Crippen LogP contribution in [0.4, 0.5) is 4.39 Å². The molecule has 1 amide bonds. The lowest BCUT2D eigenvalue weighted by atomic mass is 10.0. The number of hydrogen-bond donors (Lipinski definition) is 1. The predicted octanol–water partition coefficient (Wildman–Crippen LogP) is 3.23. The fourth-order valence-corrected chi connectivity index (χ4v) is 2.18. The number of methoxy groups -OCH3 is 1. The van der Waals surface area contributed by atoms with Crippen LogP contribution in [0.2, 0.25) is 0 Å². The molecule has 0 aromatic heterocycles. The summed E-state index contributed by atoms with van der Waals surface area (Å²) in [5.41, 5.74) is 0.508. The molecule has 0 aliphatic rings. The van der Waals surface area contributed by atoms with Crippen LogP contribution in [0.25, 0.3) is 0 Å². The van der Waals surface area contributed by atoms with Crippen molar-refractivity contribution < 1.29 is 18.7 Å². The molecule has 23 heavy (non-hydrogen) atoms. The third-order valence-electron chi connectivity index (χ3n) is 3.39. The van der Waals surface area contributed by atoms with Crippen molar-refractivity contribution in [2.75, 3.05) is 7.11 Å². The van der Waals surface area contributed by atoms with E-state index in [2.05, 4.69) is 5.32 Å². The Morgan fingerprint density at radius 3 is 2.48 bits per heavy atom. The number of ether oxygens (including phenoxy) is 1. The minimum atomic E-state index is -0.663. The monoisotopic (exact) mass is 315 g/mol. The number of hydrogen-bond acceptors (Lipinski definition) is 3. The summed E-state index contributed by atoms with van der Waals surface area (Å²) in [5, 5.41) is 2.63. The molecule has 2 aromatic carbocycles. The van der Waals surface area contributed by atoms with E-state index in [0.717, 1.165) is 6.07 Å². The van der Waals surface area contributed by atoms with Crippen LogP contribution in [0.5, 0.6) is 5.75 Å². The molecule has 0 heterocycles. The highest BCUT2D eigenvalue weighted by Crippen LogP contribution is 2.16. The summed E-state index contributed by atoms with van der Waals surface area (Å²) in [6.45, 7) is 1.71. The van der Waals surface area contributed by atoms with E-state index < -0.39 is 17.8 Å². The van der Waals surface area contributed by atoms with Crippen LogP contribution in [-0.4, -0.2) is 24.8 Å². The van der Waals surface area contributed by atoms with Gasteiger partial charge in [0.25, 0.3) is 5.91 Å². The summed E-state index contributed by atoms with van der Waals surface area (Å²) in [6.07, 6.45) is 0.146. The maximum Gasteiger partial charge on any atom is 0.254 e. The van der Waals surface area contributed by atoms with Gasteiger partial charge in [-0.05, 0) is 19.1 Å². The van der Waals surface area contributed by atoms with Crippen molar-refractivity contribution in [3.05, 3.63) is 65.5 Å². The molecule has 0 aliphatic heterocycles. The predicted molar refractivity (Wildman–Crippen MR) is 85.3 cm³/mol. The molecule has 5 heteroatoms. The largest absolute Gasteiger partial charge is 0.497 e. The molecule has 1 atom stereocenters. The Morgan fingerprint density at radius 2 is 1.87 bits per heavy atom. The highest BCUT2D eigenvalue weighted by molar-refractivity contribution is 5.98. The molecule has 0 spiro atoms. The molecular formula is C18H18FNO3. The number of ketones is 1. The summed E-state index contributed by atoms with van der Waals surface area (Å²) in [6, 6.07) is 12.4. The van der Waals surface area contributed by atoms with Crippen LogP contribution in [0.1, 0.15) is 34.1 Å². The molecule has 4 nitrogen and oxygen atoms in total. The lowest BCUT2D eigenvalue weighted by Crippen LogP contribution is -2.34. The lowest BCUT2D eigenvalue weighted by Gasteiger charge is -2.14. The number of carbonyl (C=O) groups is 2. The molecule has 0 fully saturated rings. The van der Waals surface area contributed by atoms with E-state index >= 15 is 0 Å². The molecule has 0 aliphatic carbocycles. The number of Topliss-reactive ketones (excluding diaryl/α,β-unsaturated/α-hetero) is 1. The number of nitrogens with one attached hydrogen (secondary N) is 1. The normalized spacial score (nSPS) is 11.6. The van der Waals surface area contributed by atoms with E-state index in [9.17, 15) is 14.0 Å². The first-order valence-electron chi connectivity index (χ1n) is 7.24. The average molecular weight is 315 g/mol. The van der Waals surface area contributed by atoms with Crippen molar-refractivity contribution in [1.29, 1.82) is 0 Å². The van der Waals surface area contributed by atoms with Gasteiger partial charge >= 0.3 is 0 Å². The molecule has 0 bridgehead atoms. The van der Waals surface area contributed by atoms with Gasteiger partial charge in [-0.3, -0.25) is 9.59 Å². The van der Waals surface area contributed by atoms with Crippen LogP contribution in [-0.2, 0) is 0 Å². The molecule has 0 unspecified atom stereocenters. The van der Waals surface area contributed by atoms with Crippen LogP contribution in [0.3, 0.4) is 0 Å². The zero-order valence-electron chi connectivity index (χ0n) is 13.0. The molecule has 2 rings (SSSR count). The Bertz CT molecular complexity index is 701. The second-order valence-electron chi connectivity index (χ2n) is 5.21. The Labute approximate surface area is 134 Å². The van der Waals surface area contributed by atoms with Crippen LogP contribution < -0.4 is 10.1 Å². The SMILES string of the molecule is COc1ccc(C(=O)N[C@H](C)CC(=O)c2ccccc2)c(F)c1. The molecule has 0 radical (unpaired) electrons. The minimum absolute atomic E-state index is 0.0754. The van der Waals surface area contributed by atoms with Crippen molar-refractivity contribution in [3.63, 3.8) is 0 Å². The smallest absolute Gasteiger partial charge is 0.254 e. The Hall–Kier alpha value is -2.69. The van der Waals surface area contributed by atoms with Gasteiger partial charge in [-0.15, -0.1) is 0 Å². The summed E-state index contributed by atoms with van der Waals surface area (Å²) in [7, 11) is 1.42. The maximum atomic E-state index is 13.9. The van der Waals surface area contributed by atoms with E-state index in [1.54, 1.807) is 31.2 Å². The second-order valence-corrected chi connectivity index (χ2v) is 5.21. The fourth-order valence-electron chi connectivity index (χ4n) is 2.18. The van der Waals surface area contributed by atoms with E-state index in [1.165, 1.54) is 19.2 Å². The highest BCUT2D eigenvalue weighted by Gasteiger charge is 2.17. The molecule has 0 saturated carbocycles. The van der Waals surface area contributed by atoms with Crippen molar-refractivity contribution in [2.45, 2.75) is 19.4 Å². The highest BCUT2D eigenvalue weighted by atomic mass is 19.1. The molecule has 1 N–H and O–H groups in total. The first-order chi connectivity index (χ1) is 11.0. The zero-order chi connectivity index (χ0) is 16.8. The summed E-state index contributed by atoms with van der Waals surface area (Å²) < 4.78 is 18.8. The fraction of sp³-hybridized carbons (Fsp3) is 0.222. The third kappa shape index (κ3) is 4.39. The molecule has 2 aromatic rings. The molecular weight excluding hydrogens is 297 g/mol. The maximum absolute atomic E-state index is 13.9. The first-order valence-corrected chi connectivity index (χ1v) is 7.24. The van der Waals surface area contributed by atoms with Gasteiger partial charge in [-0.1, -0.05) is 30.3 Å². The Morgan fingerprint density at radius 1 is 1.17 bits per heavy atom. The van der Waals surface area contributed by atoms with Crippen molar-refractivity contribution >= 4 is 11.7 Å². The van der Waals surface area contributed by atoms with Gasteiger partial charge in [0, 0.05) is 24.1 Å². The molecule has 0 saturated heterocycles. The van der Waals surface area contributed by atoms with Gasteiger partial charge in [-0.2, -0.15) is 0 Å². The van der Waals surface area contributed by atoms with Gasteiger partial charge in [0.05, 0.1) is 12.7 Å². The van der Waals surface area contributed by atoms with Gasteiger partial charge < -0.3 is 10.1 Å². The molecule has 120 valence electrons. The second kappa shape index (κ2) is 7.54. The summed E-state index contributed by atoms with van der Waals surface area (Å²) >= 11 is 0.